The van der Waals surface area contributed by atoms with E-state index in [1.165, 1.54) is 57.0 Å². The average Bonchev–Trinajstić information content (AvgIpc) is 3.85. The quantitative estimate of drug-likeness (QED) is 0.168. The minimum Gasteiger partial charge on any atom is -0.465 e. The van der Waals surface area contributed by atoms with Crippen molar-refractivity contribution in [3.05, 3.63) is 71.9 Å². The lowest BCUT2D eigenvalue weighted by Crippen LogP contribution is -2.48. The molecule has 12 nitrogen and oxygen atoms in total. The highest BCUT2D eigenvalue weighted by Crippen LogP contribution is 2.60. The minimum absolute atomic E-state index is 0.331. The van der Waals surface area contributed by atoms with Crippen LogP contribution in [0.15, 0.2) is 55.1 Å². The Kier molecular flexibility index (Phi) is 6.91. The lowest BCUT2D eigenvalue weighted by Gasteiger charge is -2.56. The number of aromatic nitrogens is 7. The summed E-state index contributed by atoms with van der Waals surface area (Å²) in [7, 11) is 3.13. The minimum atomic E-state index is -0.486. The third-order valence-corrected chi connectivity index (χ3v) is 11.9. The van der Waals surface area contributed by atoms with Crippen LogP contribution in [-0.4, -0.2) is 52.9 Å². The SMILES string of the molecule is COC(=O)c1c(-c2cnn(CC34CC5CC(CC(C5)C3)C4)c2C)ccn2c(Nc3nn(C)cc3C(=O)Nc3nc4ccccc4s3)cnc12. The van der Waals surface area contributed by atoms with Crippen molar-refractivity contribution in [2.45, 2.75) is 52.0 Å². The number of thiazole rings is 1. The summed E-state index contributed by atoms with van der Waals surface area (Å²) in [6, 6.07) is 9.64. The Morgan fingerprint density at radius 3 is 2.53 bits per heavy atom. The van der Waals surface area contributed by atoms with Crippen molar-refractivity contribution in [1.29, 1.82) is 0 Å². The van der Waals surface area contributed by atoms with E-state index < -0.39 is 5.97 Å². The highest BCUT2D eigenvalue weighted by atomic mass is 32.1. The number of fused-ring (bicyclic) bond motifs is 2. The number of nitrogens with zero attached hydrogens (tertiary/aromatic N) is 7. The number of esters is 1. The van der Waals surface area contributed by atoms with Crippen LogP contribution in [-0.2, 0) is 18.3 Å². The molecular weight excluding hydrogens is 639 g/mol. The van der Waals surface area contributed by atoms with Crippen molar-refractivity contribution in [3.63, 3.8) is 0 Å². The zero-order valence-electron chi connectivity index (χ0n) is 27.6. The Hall–Kier alpha value is -5.04. The van der Waals surface area contributed by atoms with Gasteiger partial charge in [0.2, 0.25) is 0 Å². The summed E-state index contributed by atoms with van der Waals surface area (Å²) >= 11 is 1.41. The molecule has 250 valence electrons. The maximum absolute atomic E-state index is 13.4. The molecule has 49 heavy (non-hydrogen) atoms. The molecule has 1 aromatic carbocycles. The van der Waals surface area contributed by atoms with Crippen LogP contribution in [0.4, 0.5) is 16.8 Å². The van der Waals surface area contributed by atoms with Gasteiger partial charge in [0.25, 0.3) is 5.91 Å². The fourth-order valence-corrected chi connectivity index (χ4v) is 10.2. The first-order valence-electron chi connectivity index (χ1n) is 16.8. The molecule has 1 amide bonds. The number of benzene rings is 1. The number of ether oxygens (including phenoxy) is 1. The van der Waals surface area contributed by atoms with Gasteiger partial charge in [-0.3, -0.25) is 23.9 Å². The van der Waals surface area contributed by atoms with Gasteiger partial charge in [-0.15, -0.1) is 0 Å². The maximum atomic E-state index is 13.4. The summed E-state index contributed by atoms with van der Waals surface area (Å²) in [4.78, 5) is 36.0. The number of methoxy groups -OCH3 is 1. The number of imidazole rings is 1. The molecule has 4 bridgehead atoms. The molecule has 4 fully saturated rings. The number of hydrogen-bond acceptors (Lipinski definition) is 9. The first-order chi connectivity index (χ1) is 23.8. The van der Waals surface area contributed by atoms with Gasteiger partial charge in [0.05, 0.1) is 29.7 Å². The molecule has 0 unspecified atom stereocenters. The third kappa shape index (κ3) is 5.09. The fourth-order valence-electron chi connectivity index (χ4n) is 9.30. The van der Waals surface area contributed by atoms with Crippen LogP contribution in [0.5, 0.6) is 0 Å². The predicted molar refractivity (Wildman–Crippen MR) is 187 cm³/mol. The lowest BCUT2D eigenvalue weighted by atomic mass is 9.49. The van der Waals surface area contributed by atoms with Gasteiger partial charge in [0.1, 0.15) is 16.9 Å². The van der Waals surface area contributed by atoms with Crippen LogP contribution in [0.25, 0.3) is 27.0 Å². The van der Waals surface area contributed by atoms with Crippen LogP contribution in [0.3, 0.4) is 0 Å². The van der Waals surface area contributed by atoms with E-state index in [0.717, 1.165) is 51.3 Å². The van der Waals surface area contributed by atoms with E-state index in [1.807, 2.05) is 42.7 Å². The van der Waals surface area contributed by atoms with E-state index in [2.05, 4.69) is 37.3 Å². The molecule has 13 heteroatoms. The first kappa shape index (κ1) is 30.1. The summed E-state index contributed by atoms with van der Waals surface area (Å²) in [5, 5.41) is 16.1. The Morgan fingerprint density at radius 2 is 1.80 bits per heavy atom. The topological polar surface area (TPSA) is 133 Å². The molecule has 4 aliphatic rings. The van der Waals surface area contributed by atoms with Crippen LogP contribution in [0.2, 0.25) is 0 Å². The number of pyridine rings is 1. The molecule has 5 heterocycles. The van der Waals surface area contributed by atoms with Crippen molar-refractivity contribution in [2.24, 2.45) is 30.2 Å². The molecule has 0 aliphatic heterocycles. The normalized spacial score (nSPS) is 22.6. The maximum Gasteiger partial charge on any atom is 0.342 e. The molecule has 4 saturated carbocycles. The Bertz CT molecular complexity index is 2210. The van der Waals surface area contributed by atoms with Gasteiger partial charge in [0.15, 0.2) is 16.6 Å². The van der Waals surface area contributed by atoms with Crippen molar-refractivity contribution in [3.8, 4) is 11.1 Å². The van der Waals surface area contributed by atoms with Gasteiger partial charge in [0, 0.05) is 42.8 Å². The second-order valence-corrected chi connectivity index (χ2v) is 15.3. The second-order valence-electron chi connectivity index (χ2n) is 14.3. The van der Waals surface area contributed by atoms with Crippen LogP contribution in [0, 0.1) is 30.1 Å². The van der Waals surface area contributed by atoms with Gasteiger partial charge >= 0.3 is 5.97 Å². The number of hydrogen-bond donors (Lipinski definition) is 2. The number of carbonyl (C=O) groups is 2. The van der Waals surface area contributed by atoms with Crippen molar-refractivity contribution in [2.75, 3.05) is 17.7 Å². The van der Waals surface area contributed by atoms with Crippen LogP contribution in [0.1, 0.15) is 64.9 Å². The number of amides is 1. The largest absolute Gasteiger partial charge is 0.465 e. The number of nitrogens with one attached hydrogen (secondary N) is 2. The van der Waals surface area contributed by atoms with Crippen molar-refractivity contribution in [1.82, 2.24) is 33.9 Å². The van der Waals surface area contributed by atoms with Gasteiger partial charge in [-0.25, -0.2) is 14.8 Å². The molecule has 0 atom stereocenters. The van der Waals surface area contributed by atoms with E-state index in [0.29, 0.717) is 39.0 Å². The Labute approximate surface area is 286 Å². The molecule has 0 saturated heterocycles. The van der Waals surface area contributed by atoms with Gasteiger partial charge in [-0.05, 0) is 86.8 Å². The monoisotopic (exact) mass is 675 g/mol. The highest BCUT2D eigenvalue weighted by molar-refractivity contribution is 7.22. The van der Waals surface area contributed by atoms with E-state index in [-0.39, 0.29) is 5.91 Å². The van der Waals surface area contributed by atoms with Gasteiger partial charge in [-0.2, -0.15) is 10.2 Å². The van der Waals surface area contributed by atoms with Crippen LogP contribution < -0.4 is 10.6 Å². The lowest BCUT2D eigenvalue weighted by molar-refractivity contribution is -0.0638. The number of rotatable bonds is 8. The standard InChI is InChI=1S/C36H37N9O3S/c1-20-25(16-38-45(20)19-36-13-21-10-22(14-36)12-23(11-21)15-36)24-8-9-44-29(17-37-32(44)30(24)34(47)48-3)40-31-26(18-43(2)42-31)33(46)41-35-39-27-6-4-5-7-28(27)49-35/h4-9,16-18,21-23H,10-15,19H2,1-3H3,(H,40,42)(H,39,41,46). The van der Waals surface area contributed by atoms with E-state index in [1.54, 1.807) is 28.5 Å². The zero-order chi connectivity index (χ0) is 33.4. The smallest absolute Gasteiger partial charge is 0.342 e. The molecule has 5 aromatic heterocycles. The average molecular weight is 676 g/mol. The first-order valence-corrected chi connectivity index (χ1v) is 17.7. The molecular formula is C36H37N9O3S. The third-order valence-electron chi connectivity index (χ3n) is 10.9. The summed E-state index contributed by atoms with van der Waals surface area (Å²) in [6.07, 6.45) is 15.2. The van der Waals surface area contributed by atoms with Crippen molar-refractivity contribution >= 4 is 55.8 Å². The van der Waals surface area contributed by atoms with Gasteiger partial charge < -0.3 is 10.1 Å². The summed E-state index contributed by atoms with van der Waals surface area (Å²) in [6.45, 7) is 3.02. The summed E-state index contributed by atoms with van der Waals surface area (Å²) in [5.74, 6) is 2.65. The molecule has 6 aromatic rings. The zero-order valence-corrected chi connectivity index (χ0v) is 28.5. The second kappa shape index (κ2) is 11.3. The molecule has 4 aliphatic carbocycles. The molecule has 10 rings (SSSR count). The fraction of sp³-hybridized carbons (Fsp3) is 0.389. The predicted octanol–water partition coefficient (Wildman–Crippen LogP) is 6.85. The molecule has 0 radical (unpaired) electrons. The van der Waals surface area contributed by atoms with Crippen molar-refractivity contribution < 1.29 is 14.3 Å². The number of para-hydroxylation sites is 1. The van der Waals surface area contributed by atoms with E-state index >= 15 is 0 Å². The van der Waals surface area contributed by atoms with Gasteiger partial charge in [-0.1, -0.05) is 23.5 Å². The van der Waals surface area contributed by atoms with E-state index in [9.17, 15) is 9.59 Å². The number of carbonyl (C=O) groups excluding carboxylic acids is 2. The Balaban J connectivity index is 1.02. The highest BCUT2D eigenvalue weighted by Gasteiger charge is 2.51. The van der Waals surface area contributed by atoms with Crippen LogP contribution >= 0.6 is 11.3 Å². The Morgan fingerprint density at radius 1 is 1.04 bits per heavy atom. The molecule has 0 spiro atoms. The summed E-state index contributed by atoms with van der Waals surface area (Å²) < 4.78 is 11.8. The number of aryl methyl sites for hydroxylation is 1. The van der Waals surface area contributed by atoms with E-state index in [4.69, 9.17) is 9.84 Å². The molecule has 2 N–H and O–H groups in total. The number of anilines is 3. The summed E-state index contributed by atoms with van der Waals surface area (Å²) in [5.41, 5.74) is 4.92.